The minimum absolute atomic E-state index is 1.13. The summed E-state index contributed by atoms with van der Waals surface area (Å²) in [5, 5.41) is 0. The topological polar surface area (TPSA) is 6.48 Å². The van der Waals surface area contributed by atoms with E-state index >= 15 is 0 Å². The summed E-state index contributed by atoms with van der Waals surface area (Å²) in [4.78, 5) is 4.62. The fraction of sp³-hybridized carbons (Fsp3) is 0.0400. The van der Waals surface area contributed by atoms with Gasteiger partial charge in [-0.1, -0.05) is 133 Å². The van der Waals surface area contributed by atoms with Gasteiger partial charge in [0.2, 0.25) is 0 Å². The molecule has 8 aromatic rings. The first kappa shape index (κ1) is 32.6. The van der Waals surface area contributed by atoms with Crippen molar-refractivity contribution in [3.63, 3.8) is 0 Å². The van der Waals surface area contributed by atoms with Gasteiger partial charge in [0.05, 0.1) is 0 Å². The van der Waals surface area contributed by atoms with Crippen LogP contribution < -0.4 is 9.80 Å². The molecule has 0 spiro atoms. The maximum Gasteiger partial charge on any atom is 0.0464 e. The standard InChI is InChI=1S/C50H40N2/c1-37-11-9-17-49(35-37)51(45-13-5-3-6-14-45)47-31-27-43(28-32-47)41-23-19-39(20-24-41)40-21-25-42(26-22-40)44-29-33-48(34-30-44)52(46-15-7-4-8-16-46)50-18-10-12-38(2)36-50/h3-36H,1-2H3. The predicted molar refractivity (Wildman–Crippen MR) is 222 cm³/mol. The summed E-state index contributed by atoms with van der Waals surface area (Å²) >= 11 is 0. The van der Waals surface area contributed by atoms with Crippen molar-refractivity contribution in [2.24, 2.45) is 0 Å². The van der Waals surface area contributed by atoms with Crippen LogP contribution in [0.5, 0.6) is 0 Å². The molecule has 2 heteroatoms. The first-order chi connectivity index (χ1) is 25.6. The molecule has 250 valence electrons. The fourth-order valence-electron chi connectivity index (χ4n) is 6.90. The van der Waals surface area contributed by atoms with E-state index in [0.29, 0.717) is 0 Å². The molecule has 52 heavy (non-hydrogen) atoms. The Bertz CT molecular complexity index is 2210. The van der Waals surface area contributed by atoms with Crippen LogP contribution in [0.3, 0.4) is 0 Å². The van der Waals surface area contributed by atoms with Gasteiger partial charge in [-0.15, -0.1) is 0 Å². The summed E-state index contributed by atoms with van der Waals surface area (Å²) in [6.45, 7) is 4.28. The fourth-order valence-corrected chi connectivity index (χ4v) is 6.90. The van der Waals surface area contributed by atoms with Crippen LogP contribution in [0.25, 0.3) is 33.4 Å². The summed E-state index contributed by atoms with van der Waals surface area (Å²) < 4.78 is 0. The zero-order valence-corrected chi connectivity index (χ0v) is 29.5. The third-order valence-electron chi connectivity index (χ3n) is 9.57. The molecule has 0 fully saturated rings. The molecule has 0 aliphatic rings. The number of anilines is 6. The van der Waals surface area contributed by atoms with Crippen LogP contribution in [0.1, 0.15) is 11.1 Å². The van der Waals surface area contributed by atoms with Gasteiger partial charge in [0, 0.05) is 34.1 Å². The Labute approximate surface area is 307 Å². The van der Waals surface area contributed by atoms with Crippen molar-refractivity contribution in [3.8, 4) is 33.4 Å². The highest BCUT2D eigenvalue weighted by Crippen LogP contribution is 2.38. The van der Waals surface area contributed by atoms with E-state index < -0.39 is 0 Å². The molecule has 0 bridgehead atoms. The molecule has 0 saturated heterocycles. The number of rotatable bonds is 9. The van der Waals surface area contributed by atoms with Gasteiger partial charge in [-0.25, -0.2) is 0 Å². The van der Waals surface area contributed by atoms with Crippen LogP contribution in [-0.4, -0.2) is 0 Å². The number of benzene rings is 8. The molecule has 0 heterocycles. The molecule has 8 aromatic carbocycles. The van der Waals surface area contributed by atoms with E-state index in [9.17, 15) is 0 Å². The Kier molecular flexibility index (Phi) is 9.19. The molecule has 0 N–H and O–H groups in total. The van der Waals surface area contributed by atoms with E-state index in [0.717, 1.165) is 34.1 Å². The molecule has 0 amide bonds. The van der Waals surface area contributed by atoms with Crippen LogP contribution in [0.15, 0.2) is 206 Å². The predicted octanol–water partition coefficient (Wildman–Crippen LogP) is 14.2. The van der Waals surface area contributed by atoms with Crippen LogP contribution in [0.2, 0.25) is 0 Å². The van der Waals surface area contributed by atoms with Crippen LogP contribution >= 0.6 is 0 Å². The minimum Gasteiger partial charge on any atom is -0.310 e. The van der Waals surface area contributed by atoms with E-state index in [-0.39, 0.29) is 0 Å². The van der Waals surface area contributed by atoms with Gasteiger partial charge in [0.1, 0.15) is 0 Å². The van der Waals surface area contributed by atoms with Crippen molar-refractivity contribution in [3.05, 3.63) is 217 Å². The largest absolute Gasteiger partial charge is 0.310 e. The lowest BCUT2D eigenvalue weighted by molar-refractivity contribution is 1.27. The SMILES string of the molecule is Cc1cccc(N(c2ccccc2)c2ccc(-c3ccc(-c4ccc(-c5ccc(N(c6ccccc6)c6cccc(C)c6)cc5)cc4)cc3)cc2)c1. The normalized spacial score (nSPS) is 10.9. The Morgan fingerprint density at radius 2 is 0.481 bits per heavy atom. The highest BCUT2D eigenvalue weighted by atomic mass is 15.1. The van der Waals surface area contributed by atoms with Crippen molar-refractivity contribution in [1.82, 2.24) is 0 Å². The summed E-state index contributed by atoms with van der Waals surface area (Å²) in [5.41, 5.74) is 16.5. The molecule has 0 aliphatic heterocycles. The summed E-state index contributed by atoms with van der Waals surface area (Å²) in [6.07, 6.45) is 0. The second-order valence-corrected chi connectivity index (χ2v) is 13.3. The maximum absolute atomic E-state index is 2.31. The van der Waals surface area contributed by atoms with Gasteiger partial charge in [0.25, 0.3) is 0 Å². The van der Waals surface area contributed by atoms with E-state index in [1.165, 1.54) is 44.5 Å². The first-order valence-electron chi connectivity index (χ1n) is 17.8. The third kappa shape index (κ3) is 7.01. The smallest absolute Gasteiger partial charge is 0.0464 e. The number of nitrogens with zero attached hydrogens (tertiary/aromatic N) is 2. The molecule has 0 atom stereocenters. The van der Waals surface area contributed by atoms with Crippen molar-refractivity contribution in [1.29, 1.82) is 0 Å². The van der Waals surface area contributed by atoms with Gasteiger partial charge >= 0.3 is 0 Å². The second kappa shape index (κ2) is 14.7. The zero-order valence-electron chi connectivity index (χ0n) is 29.5. The van der Waals surface area contributed by atoms with Gasteiger partial charge in [-0.2, -0.15) is 0 Å². The van der Waals surface area contributed by atoms with E-state index in [1.807, 2.05) is 0 Å². The van der Waals surface area contributed by atoms with Gasteiger partial charge in [-0.05, 0) is 131 Å². The average Bonchev–Trinajstić information content (AvgIpc) is 3.20. The summed E-state index contributed by atoms with van der Waals surface area (Å²) in [7, 11) is 0. The molecule has 2 nitrogen and oxygen atoms in total. The number of hydrogen-bond acceptors (Lipinski definition) is 2. The highest BCUT2D eigenvalue weighted by molar-refractivity contribution is 5.81. The maximum atomic E-state index is 2.31. The Hall–Kier alpha value is -6.64. The zero-order chi connectivity index (χ0) is 35.3. The number of para-hydroxylation sites is 2. The first-order valence-corrected chi connectivity index (χ1v) is 17.8. The van der Waals surface area contributed by atoms with Crippen LogP contribution in [0, 0.1) is 13.8 Å². The highest BCUT2D eigenvalue weighted by Gasteiger charge is 2.14. The molecule has 0 aliphatic carbocycles. The third-order valence-corrected chi connectivity index (χ3v) is 9.57. The Balaban J connectivity index is 0.991. The quantitative estimate of drug-likeness (QED) is 0.151. The van der Waals surface area contributed by atoms with E-state index in [2.05, 4.69) is 230 Å². The summed E-state index contributed by atoms with van der Waals surface area (Å²) in [6, 6.07) is 73.9. The molecule has 0 unspecified atom stereocenters. The van der Waals surface area contributed by atoms with Crippen molar-refractivity contribution in [2.75, 3.05) is 9.80 Å². The number of hydrogen-bond donors (Lipinski definition) is 0. The van der Waals surface area contributed by atoms with Gasteiger partial charge in [0.15, 0.2) is 0 Å². The average molecular weight is 669 g/mol. The van der Waals surface area contributed by atoms with Gasteiger partial charge < -0.3 is 9.80 Å². The number of aryl methyl sites for hydroxylation is 2. The van der Waals surface area contributed by atoms with E-state index in [4.69, 9.17) is 0 Å². The molecule has 8 rings (SSSR count). The molecule has 0 saturated carbocycles. The second-order valence-electron chi connectivity index (χ2n) is 13.3. The van der Waals surface area contributed by atoms with Crippen LogP contribution in [0.4, 0.5) is 34.1 Å². The Morgan fingerprint density at radius 3 is 0.769 bits per heavy atom. The van der Waals surface area contributed by atoms with Crippen molar-refractivity contribution >= 4 is 34.1 Å². The van der Waals surface area contributed by atoms with E-state index in [1.54, 1.807) is 0 Å². The summed E-state index contributed by atoms with van der Waals surface area (Å²) in [5.74, 6) is 0. The lowest BCUT2D eigenvalue weighted by Crippen LogP contribution is -2.09. The molecular weight excluding hydrogens is 629 g/mol. The molecule has 0 aromatic heterocycles. The monoisotopic (exact) mass is 668 g/mol. The molecule has 0 radical (unpaired) electrons. The van der Waals surface area contributed by atoms with Crippen LogP contribution in [-0.2, 0) is 0 Å². The lowest BCUT2D eigenvalue weighted by Gasteiger charge is -2.26. The lowest BCUT2D eigenvalue weighted by atomic mass is 9.98. The van der Waals surface area contributed by atoms with Crippen molar-refractivity contribution in [2.45, 2.75) is 13.8 Å². The Morgan fingerprint density at radius 1 is 0.231 bits per heavy atom. The van der Waals surface area contributed by atoms with Crippen molar-refractivity contribution < 1.29 is 0 Å². The van der Waals surface area contributed by atoms with Gasteiger partial charge in [-0.3, -0.25) is 0 Å². The molecular formula is C50H40N2. The minimum atomic E-state index is 1.13.